The van der Waals surface area contributed by atoms with Gasteiger partial charge in [-0.3, -0.25) is 4.68 Å². The average Bonchev–Trinajstić information content (AvgIpc) is 2.54. The van der Waals surface area contributed by atoms with Crippen LogP contribution in [-0.4, -0.2) is 9.78 Å². The number of aryl methyl sites for hydroxylation is 1. The quantitative estimate of drug-likeness (QED) is 0.706. The second-order valence-electron chi connectivity index (χ2n) is 4.54. The fourth-order valence-electron chi connectivity index (χ4n) is 2.66. The van der Waals surface area contributed by atoms with E-state index in [4.69, 9.17) is 5.73 Å². The van der Waals surface area contributed by atoms with Crippen molar-refractivity contribution in [3.8, 4) is 0 Å². The van der Waals surface area contributed by atoms with Gasteiger partial charge in [-0.05, 0) is 31.1 Å². The topological polar surface area (TPSA) is 43.8 Å². The lowest BCUT2D eigenvalue weighted by atomic mass is 10.00. The molecule has 2 fully saturated rings. The summed E-state index contributed by atoms with van der Waals surface area (Å²) in [5.74, 6) is 3.53. The second-order valence-corrected chi connectivity index (χ2v) is 4.54. The largest absolute Gasteiger partial charge is 0.384 e. The lowest BCUT2D eigenvalue weighted by Crippen LogP contribution is -1.99. The Morgan fingerprint density at radius 2 is 2.08 bits per heavy atom. The van der Waals surface area contributed by atoms with Crippen molar-refractivity contribution < 1.29 is 0 Å². The molecule has 1 aromatic rings. The molecule has 2 unspecified atom stereocenters. The Kier molecular flexibility index (Phi) is 1.30. The molecule has 1 aromatic heterocycles. The molecule has 3 nitrogen and oxygen atoms in total. The van der Waals surface area contributed by atoms with Gasteiger partial charge in [0, 0.05) is 19.0 Å². The monoisotopic (exact) mass is 177 g/mol. The summed E-state index contributed by atoms with van der Waals surface area (Å²) < 4.78 is 1.78. The number of nitrogens with zero attached hydrogens (tertiary/aromatic N) is 2. The SMILES string of the molecule is Cn1nc(C2CC3CC3C2)cc1N. The summed E-state index contributed by atoms with van der Waals surface area (Å²) in [6, 6.07) is 2.04. The van der Waals surface area contributed by atoms with E-state index in [0.717, 1.165) is 17.7 Å². The molecule has 0 amide bonds. The minimum atomic E-state index is 0.701. The zero-order valence-electron chi connectivity index (χ0n) is 7.90. The van der Waals surface area contributed by atoms with Gasteiger partial charge in [-0.2, -0.15) is 5.10 Å². The van der Waals surface area contributed by atoms with Gasteiger partial charge in [0.15, 0.2) is 0 Å². The highest BCUT2D eigenvalue weighted by atomic mass is 15.3. The van der Waals surface area contributed by atoms with Crippen molar-refractivity contribution in [2.75, 3.05) is 5.73 Å². The van der Waals surface area contributed by atoms with Gasteiger partial charge in [0.05, 0.1) is 5.69 Å². The predicted molar refractivity (Wildman–Crippen MR) is 51.2 cm³/mol. The van der Waals surface area contributed by atoms with Gasteiger partial charge in [-0.15, -0.1) is 0 Å². The van der Waals surface area contributed by atoms with Gasteiger partial charge in [-0.25, -0.2) is 0 Å². The van der Waals surface area contributed by atoms with Crippen molar-refractivity contribution in [2.45, 2.75) is 25.2 Å². The first kappa shape index (κ1) is 7.42. The molecule has 0 aromatic carbocycles. The van der Waals surface area contributed by atoms with Crippen molar-refractivity contribution in [3.05, 3.63) is 11.8 Å². The molecule has 2 N–H and O–H groups in total. The zero-order chi connectivity index (χ0) is 9.00. The van der Waals surface area contributed by atoms with E-state index in [1.54, 1.807) is 4.68 Å². The summed E-state index contributed by atoms with van der Waals surface area (Å²) in [7, 11) is 1.91. The van der Waals surface area contributed by atoms with E-state index in [1.165, 1.54) is 25.0 Å². The molecule has 0 spiro atoms. The second kappa shape index (κ2) is 2.28. The minimum absolute atomic E-state index is 0.701. The molecule has 3 rings (SSSR count). The minimum Gasteiger partial charge on any atom is -0.384 e. The summed E-state index contributed by atoms with van der Waals surface area (Å²) >= 11 is 0. The first-order valence-electron chi connectivity index (χ1n) is 5.03. The number of hydrogen-bond donors (Lipinski definition) is 1. The number of nitrogens with two attached hydrogens (primary N) is 1. The van der Waals surface area contributed by atoms with E-state index in [9.17, 15) is 0 Å². The summed E-state index contributed by atoms with van der Waals surface area (Å²) in [5, 5.41) is 4.44. The molecule has 0 radical (unpaired) electrons. The summed E-state index contributed by atoms with van der Waals surface area (Å²) in [4.78, 5) is 0. The van der Waals surface area contributed by atoms with Crippen molar-refractivity contribution in [3.63, 3.8) is 0 Å². The van der Waals surface area contributed by atoms with Crippen LogP contribution in [-0.2, 0) is 7.05 Å². The van der Waals surface area contributed by atoms with Gasteiger partial charge in [0.25, 0.3) is 0 Å². The molecule has 2 aliphatic rings. The standard InChI is InChI=1S/C10H15N3/c1-13-10(11)5-9(12-13)8-3-6-2-7(6)4-8/h5-8H,2-4,11H2,1H3. The van der Waals surface area contributed by atoms with E-state index in [1.807, 2.05) is 13.1 Å². The zero-order valence-corrected chi connectivity index (χ0v) is 7.90. The van der Waals surface area contributed by atoms with Crippen LogP contribution in [0.1, 0.15) is 30.9 Å². The molecule has 70 valence electrons. The van der Waals surface area contributed by atoms with Gasteiger partial charge < -0.3 is 5.73 Å². The van der Waals surface area contributed by atoms with Crippen LogP contribution < -0.4 is 5.73 Å². The summed E-state index contributed by atoms with van der Waals surface area (Å²) in [6.45, 7) is 0. The number of hydrogen-bond acceptors (Lipinski definition) is 2. The maximum atomic E-state index is 5.75. The number of anilines is 1. The third-order valence-electron chi connectivity index (χ3n) is 3.60. The van der Waals surface area contributed by atoms with Crippen LogP contribution in [0.15, 0.2) is 6.07 Å². The van der Waals surface area contributed by atoms with E-state index in [0.29, 0.717) is 5.92 Å². The highest BCUT2D eigenvalue weighted by Gasteiger charge is 2.46. The molecule has 2 aliphatic carbocycles. The molecule has 0 aliphatic heterocycles. The highest BCUT2D eigenvalue weighted by Crippen LogP contribution is 2.57. The number of rotatable bonds is 1. The molecule has 0 saturated heterocycles. The number of fused-ring (bicyclic) bond motifs is 1. The highest BCUT2D eigenvalue weighted by molar-refractivity contribution is 5.32. The molecule has 13 heavy (non-hydrogen) atoms. The maximum Gasteiger partial charge on any atom is 0.121 e. The Morgan fingerprint density at radius 3 is 2.62 bits per heavy atom. The number of nitrogen functional groups attached to an aromatic ring is 1. The van der Waals surface area contributed by atoms with Crippen LogP contribution in [0.3, 0.4) is 0 Å². The fourth-order valence-corrected chi connectivity index (χ4v) is 2.66. The summed E-state index contributed by atoms with van der Waals surface area (Å²) in [5.41, 5.74) is 6.97. The Bertz CT molecular complexity index is 312. The third-order valence-corrected chi connectivity index (χ3v) is 3.60. The molecular weight excluding hydrogens is 162 g/mol. The third kappa shape index (κ3) is 1.06. The fraction of sp³-hybridized carbons (Fsp3) is 0.700. The molecule has 2 saturated carbocycles. The van der Waals surface area contributed by atoms with Gasteiger partial charge in [-0.1, -0.05) is 0 Å². The van der Waals surface area contributed by atoms with Crippen molar-refractivity contribution in [1.29, 1.82) is 0 Å². The smallest absolute Gasteiger partial charge is 0.121 e. The van der Waals surface area contributed by atoms with E-state index in [-0.39, 0.29) is 0 Å². The van der Waals surface area contributed by atoms with Crippen LogP contribution in [0.2, 0.25) is 0 Å². The van der Waals surface area contributed by atoms with Crippen LogP contribution in [0.25, 0.3) is 0 Å². The van der Waals surface area contributed by atoms with Crippen LogP contribution in [0.5, 0.6) is 0 Å². The Balaban J connectivity index is 1.84. The van der Waals surface area contributed by atoms with Crippen molar-refractivity contribution in [2.24, 2.45) is 18.9 Å². The Morgan fingerprint density at radius 1 is 1.38 bits per heavy atom. The van der Waals surface area contributed by atoms with E-state index < -0.39 is 0 Å². The number of aromatic nitrogens is 2. The lowest BCUT2D eigenvalue weighted by molar-refractivity contribution is 0.593. The van der Waals surface area contributed by atoms with Gasteiger partial charge >= 0.3 is 0 Å². The Hall–Kier alpha value is -0.990. The molecule has 2 atom stereocenters. The lowest BCUT2D eigenvalue weighted by Gasteiger charge is -2.06. The van der Waals surface area contributed by atoms with Crippen molar-refractivity contribution >= 4 is 5.82 Å². The average molecular weight is 177 g/mol. The Labute approximate surface area is 77.9 Å². The summed E-state index contributed by atoms with van der Waals surface area (Å²) in [6.07, 6.45) is 4.17. The molecule has 3 heteroatoms. The maximum absolute atomic E-state index is 5.75. The first-order valence-corrected chi connectivity index (χ1v) is 5.03. The van der Waals surface area contributed by atoms with Gasteiger partial charge in [0.1, 0.15) is 5.82 Å². The van der Waals surface area contributed by atoms with E-state index >= 15 is 0 Å². The normalized spacial score (nSPS) is 36.2. The van der Waals surface area contributed by atoms with Crippen molar-refractivity contribution in [1.82, 2.24) is 9.78 Å². The molecule has 1 heterocycles. The first-order chi connectivity index (χ1) is 6.24. The van der Waals surface area contributed by atoms with Crippen LogP contribution in [0.4, 0.5) is 5.82 Å². The van der Waals surface area contributed by atoms with Crippen LogP contribution >= 0.6 is 0 Å². The predicted octanol–water partition coefficient (Wildman–Crippen LogP) is 1.52. The van der Waals surface area contributed by atoms with Crippen LogP contribution in [0, 0.1) is 11.8 Å². The molecular formula is C10H15N3. The van der Waals surface area contributed by atoms with E-state index in [2.05, 4.69) is 5.10 Å². The van der Waals surface area contributed by atoms with Gasteiger partial charge in [0.2, 0.25) is 0 Å². The molecule has 0 bridgehead atoms.